The Morgan fingerprint density at radius 1 is 1.15 bits per heavy atom. The van der Waals surface area contributed by atoms with Gasteiger partial charge in [-0.1, -0.05) is 24.3 Å². The first kappa shape index (κ1) is 15.8. The van der Waals surface area contributed by atoms with Gasteiger partial charge in [-0.15, -0.1) is 0 Å². The summed E-state index contributed by atoms with van der Waals surface area (Å²) in [5.41, 5.74) is 6.98. The summed E-state index contributed by atoms with van der Waals surface area (Å²) >= 11 is 0. The summed E-state index contributed by atoms with van der Waals surface area (Å²) in [6, 6.07) is 16.1. The molecule has 6 nitrogen and oxygen atoms in total. The van der Waals surface area contributed by atoms with E-state index in [0.717, 1.165) is 5.56 Å². The zero-order chi connectivity index (χ0) is 18.3. The quantitative estimate of drug-likeness (QED) is 0.766. The molecule has 2 aromatic carbocycles. The van der Waals surface area contributed by atoms with Gasteiger partial charge in [0.1, 0.15) is 23.0 Å². The molecule has 0 saturated heterocycles. The molecule has 1 aromatic heterocycles. The van der Waals surface area contributed by atoms with Crippen LogP contribution in [0.1, 0.15) is 17.2 Å². The molecular weight excluding hydrogens is 332 g/mol. The van der Waals surface area contributed by atoms with Gasteiger partial charge in [0.2, 0.25) is 17.1 Å². The molecule has 0 aliphatic carbocycles. The van der Waals surface area contributed by atoms with E-state index in [1.165, 1.54) is 0 Å². The van der Waals surface area contributed by atoms with Crippen LogP contribution in [0.2, 0.25) is 0 Å². The van der Waals surface area contributed by atoms with Gasteiger partial charge in [-0.2, -0.15) is 5.26 Å². The molecular formula is C20H14N2O4. The predicted octanol–water partition coefficient (Wildman–Crippen LogP) is 3.02. The Balaban J connectivity index is 2.01. The van der Waals surface area contributed by atoms with Gasteiger partial charge in [0.05, 0.1) is 18.4 Å². The molecule has 2 heterocycles. The van der Waals surface area contributed by atoms with E-state index in [9.17, 15) is 10.1 Å². The summed E-state index contributed by atoms with van der Waals surface area (Å²) in [7, 11) is 1.57. The molecule has 1 aliphatic heterocycles. The van der Waals surface area contributed by atoms with Crippen molar-refractivity contribution in [1.82, 2.24) is 0 Å². The highest BCUT2D eigenvalue weighted by Gasteiger charge is 2.35. The van der Waals surface area contributed by atoms with Crippen LogP contribution in [-0.4, -0.2) is 7.11 Å². The third-order valence-corrected chi connectivity index (χ3v) is 4.38. The monoisotopic (exact) mass is 346 g/mol. The number of nitrogens with zero attached hydrogens (tertiary/aromatic N) is 1. The Bertz CT molecular complexity index is 1140. The molecule has 0 radical (unpaired) electrons. The summed E-state index contributed by atoms with van der Waals surface area (Å²) in [6.07, 6.45) is 0. The summed E-state index contributed by atoms with van der Waals surface area (Å²) in [5, 5.41) is 9.99. The third-order valence-electron chi connectivity index (χ3n) is 4.38. The second-order valence-electron chi connectivity index (χ2n) is 5.82. The second kappa shape index (κ2) is 5.97. The van der Waals surface area contributed by atoms with Gasteiger partial charge in [-0.05, 0) is 29.8 Å². The SMILES string of the molecule is COc1ccc(C2C(C#N)=C(N)Oc3c2oc2ccccc2c3=O)cc1. The molecule has 3 aromatic rings. The van der Waals surface area contributed by atoms with Crippen molar-refractivity contribution < 1.29 is 13.9 Å². The van der Waals surface area contributed by atoms with Crippen LogP contribution in [0.25, 0.3) is 11.0 Å². The highest BCUT2D eigenvalue weighted by Crippen LogP contribution is 2.42. The normalized spacial score (nSPS) is 15.9. The Hall–Kier alpha value is -3.72. The highest BCUT2D eigenvalue weighted by molar-refractivity contribution is 5.78. The van der Waals surface area contributed by atoms with E-state index in [-0.39, 0.29) is 28.4 Å². The van der Waals surface area contributed by atoms with Crippen molar-refractivity contribution in [2.75, 3.05) is 7.11 Å². The number of ether oxygens (including phenoxy) is 2. The van der Waals surface area contributed by atoms with E-state index >= 15 is 0 Å². The fraction of sp³-hybridized carbons (Fsp3) is 0.100. The zero-order valence-corrected chi connectivity index (χ0v) is 13.9. The van der Waals surface area contributed by atoms with Crippen molar-refractivity contribution >= 4 is 11.0 Å². The minimum Gasteiger partial charge on any atom is -0.497 e. The van der Waals surface area contributed by atoms with E-state index in [2.05, 4.69) is 6.07 Å². The number of rotatable bonds is 2. The van der Waals surface area contributed by atoms with Crippen LogP contribution >= 0.6 is 0 Å². The van der Waals surface area contributed by atoms with Crippen LogP contribution in [0.3, 0.4) is 0 Å². The van der Waals surface area contributed by atoms with Gasteiger partial charge in [0.25, 0.3) is 0 Å². The first-order valence-corrected chi connectivity index (χ1v) is 7.91. The molecule has 6 heteroatoms. The molecule has 0 spiro atoms. The lowest BCUT2D eigenvalue weighted by Crippen LogP contribution is -2.25. The number of hydrogen-bond donors (Lipinski definition) is 1. The predicted molar refractivity (Wildman–Crippen MR) is 94.8 cm³/mol. The maximum atomic E-state index is 12.8. The molecule has 1 aliphatic rings. The molecule has 26 heavy (non-hydrogen) atoms. The molecule has 2 N–H and O–H groups in total. The molecule has 4 rings (SSSR count). The van der Waals surface area contributed by atoms with Gasteiger partial charge in [0, 0.05) is 0 Å². The van der Waals surface area contributed by atoms with E-state index in [4.69, 9.17) is 19.6 Å². The van der Waals surface area contributed by atoms with Crippen LogP contribution in [0, 0.1) is 11.3 Å². The smallest absolute Gasteiger partial charge is 0.235 e. The Morgan fingerprint density at radius 3 is 2.58 bits per heavy atom. The lowest BCUT2D eigenvalue weighted by molar-refractivity contribution is 0.354. The van der Waals surface area contributed by atoms with E-state index < -0.39 is 5.92 Å². The zero-order valence-electron chi connectivity index (χ0n) is 13.9. The Labute approximate surface area is 148 Å². The molecule has 128 valence electrons. The summed E-state index contributed by atoms with van der Waals surface area (Å²) < 4.78 is 16.6. The van der Waals surface area contributed by atoms with Gasteiger partial charge in [0.15, 0.2) is 5.76 Å². The highest BCUT2D eigenvalue weighted by atomic mass is 16.5. The molecule has 1 atom stereocenters. The van der Waals surface area contributed by atoms with Gasteiger partial charge in [-0.25, -0.2) is 0 Å². The van der Waals surface area contributed by atoms with Gasteiger partial charge in [-0.3, -0.25) is 4.79 Å². The number of nitrogens with two attached hydrogens (primary N) is 1. The maximum Gasteiger partial charge on any atom is 0.235 e. The first-order valence-electron chi connectivity index (χ1n) is 7.91. The number of methoxy groups -OCH3 is 1. The lowest BCUT2D eigenvalue weighted by Gasteiger charge is -2.24. The molecule has 0 fully saturated rings. The van der Waals surface area contributed by atoms with E-state index in [1.807, 2.05) is 0 Å². The van der Waals surface area contributed by atoms with Gasteiger partial charge >= 0.3 is 0 Å². The fourth-order valence-electron chi connectivity index (χ4n) is 3.10. The van der Waals surface area contributed by atoms with Crippen LogP contribution in [-0.2, 0) is 0 Å². The van der Waals surface area contributed by atoms with Crippen molar-refractivity contribution in [2.45, 2.75) is 5.92 Å². The number of benzene rings is 2. The van der Waals surface area contributed by atoms with E-state index in [0.29, 0.717) is 16.7 Å². The van der Waals surface area contributed by atoms with Crippen LogP contribution in [0.15, 0.2) is 69.2 Å². The number of fused-ring (bicyclic) bond motifs is 2. The summed E-state index contributed by atoms with van der Waals surface area (Å²) in [6.45, 7) is 0. The Morgan fingerprint density at radius 2 is 1.88 bits per heavy atom. The van der Waals surface area contributed by atoms with Crippen molar-refractivity contribution in [3.63, 3.8) is 0 Å². The average molecular weight is 346 g/mol. The summed E-state index contributed by atoms with van der Waals surface area (Å²) in [4.78, 5) is 12.8. The number of nitriles is 1. The minimum atomic E-state index is -0.632. The van der Waals surface area contributed by atoms with Crippen LogP contribution in [0.4, 0.5) is 0 Å². The molecule has 1 unspecified atom stereocenters. The molecule has 0 amide bonds. The van der Waals surface area contributed by atoms with Crippen molar-refractivity contribution in [1.29, 1.82) is 5.26 Å². The van der Waals surface area contributed by atoms with Gasteiger partial charge < -0.3 is 19.6 Å². The standard InChI is InChI=1S/C20H14N2O4/c1-24-12-8-6-11(7-9-12)16-14(10-21)20(22)26-19-17(23)13-4-2-3-5-15(13)25-18(16)19/h2-9,16H,22H2,1H3. The van der Waals surface area contributed by atoms with Crippen LogP contribution in [0.5, 0.6) is 11.5 Å². The number of para-hydroxylation sites is 1. The lowest BCUT2D eigenvalue weighted by atomic mass is 9.87. The van der Waals surface area contributed by atoms with Crippen molar-refractivity contribution in [3.8, 4) is 17.6 Å². The topological polar surface area (TPSA) is 98.5 Å². The second-order valence-corrected chi connectivity index (χ2v) is 5.82. The van der Waals surface area contributed by atoms with E-state index in [1.54, 1.807) is 55.6 Å². The molecule has 0 saturated carbocycles. The molecule has 0 bridgehead atoms. The number of hydrogen-bond acceptors (Lipinski definition) is 6. The average Bonchev–Trinajstić information content (AvgIpc) is 2.68. The van der Waals surface area contributed by atoms with Crippen molar-refractivity contribution in [2.24, 2.45) is 5.73 Å². The maximum absolute atomic E-state index is 12.8. The van der Waals surface area contributed by atoms with Crippen LogP contribution < -0.4 is 20.6 Å². The fourth-order valence-corrected chi connectivity index (χ4v) is 3.10. The number of allylic oxidation sites excluding steroid dienone is 1. The summed E-state index contributed by atoms with van der Waals surface area (Å²) in [5.74, 6) is 0.234. The van der Waals surface area contributed by atoms with Crippen molar-refractivity contribution in [3.05, 3.63) is 81.5 Å². The Kier molecular flexibility index (Phi) is 3.63. The minimum absolute atomic E-state index is 0.0148. The first-order chi connectivity index (χ1) is 12.6. The largest absolute Gasteiger partial charge is 0.497 e. The third kappa shape index (κ3) is 2.30.